The summed E-state index contributed by atoms with van der Waals surface area (Å²) in [7, 11) is 0. The van der Waals surface area contributed by atoms with Gasteiger partial charge in [0.25, 0.3) is 0 Å². The van der Waals surface area contributed by atoms with Gasteiger partial charge in [0, 0.05) is 50.5 Å². The molecule has 0 aliphatic heterocycles. The number of para-hydroxylation sites is 1. The number of aromatic nitrogens is 1. The molecular formula is C26H25N3O2S. The fourth-order valence-electron chi connectivity index (χ4n) is 4.07. The fourth-order valence-corrected chi connectivity index (χ4v) is 4.83. The minimum absolute atomic E-state index is 0.0546. The molecule has 4 aromatic rings. The molecule has 0 unspecified atom stereocenters. The first-order valence-corrected chi connectivity index (χ1v) is 12.0. The van der Waals surface area contributed by atoms with Crippen molar-refractivity contribution < 1.29 is 9.59 Å². The van der Waals surface area contributed by atoms with Crippen LogP contribution in [0.3, 0.4) is 0 Å². The van der Waals surface area contributed by atoms with Gasteiger partial charge in [-0.1, -0.05) is 24.3 Å². The average molecular weight is 444 g/mol. The largest absolute Gasteiger partial charge is 0.341 e. The molecule has 0 bridgehead atoms. The Kier molecular flexibility index (Phi) is 5.62. The third-order valence-corrected chi connectivity index (χ3v) is 6.79. The molecule has 1 aliphatic rings. The molecule has 0 spiro atoms. The van der Waals surface area contributed by atoms with Crippen LogP contribution in [0.2, 0.25) is 0 Å². The monoisotopic (exact) mass is 443 g/mol. The first-order valence-electron chi connectivity index (χ1n) is 11.0. The molecule has 2 amide bonds. The van der Waals surface area contributed by atoms with Crippen molar-refractivity contribution in [1.82, 2.24) is 4.57 Å². The van der Waals surface area contributed by atoms with Gasteiger partial charge in [-0.05, 0) is 62.2 Å². The van der Waals surface area contributed by atoms with E-state index < -0.39 is 0 Å². The van der Waals surface area contributed by atoms with E-state index in [0.29, 0.717) is 5.75 Å². The summed E-state index contributed by atoms with van der Waals surface area (Å²) in [5, 5.41) is 8.32. The molecule has 1 saturated carbocycles. The van der Waals surface area contributed by atoms with Crippen LogP contribution in [0.1, 0.15) is 19.8 Å². The number of anilines is 2. The molecule has 0 atom stereocenters. The van der Waals surface area contributed by atoms with E-state index in [4.69, 9.17) is 0 Å². The topological polar surface area (TPSA) is 63.1 Å². The van der Waals surface area contributed by atoms with Gasteiger partial charge in [0.1, 0.15) is 0 Å². The number of rotatable bonds is 7. The molecule has 2 N–H and O–H groups in total. The van der Waals surface area contributed by atoms with Gasteiger partial charge < -0.3 is 15.2 Å². The Hall–Kier alpha value is -3.25. The molecule has 5 rings (SSSR count). The van der Waals surface area contributed by atoms with E-state index >= 15 is 0 Å². The number of carbonyl (C=O) groups is 2. The van der Waals surface area contributed by atoms with Crippen LogP contribution in [0, 0.1) is 5.92 Å². The van der Waals surface area contributed by atoms with Gasteiger partial charge in [0.15, 0.2) is 0 Å². The standard InChI is InChI=1S/C26H25N3O2S/c1-2-29-23-9-4-3-8-21(23)22-15-19(12-13-24(22)29)27-25(30)16-32-20-7-5-6-18(14-20)28-26(31)17-10-11-17/h3-9,12-15,17H,2,10-11,16H2,1H3,(H,27,30)(H,28,31). The fraction of sp³-hybridized carbons (Fsp3) is 0.231. The molecule has 6 heteroatoms. The van der Waals surface area contributed by atoms with Crippen LogP contribution in [0.5, 0.6) is 0 Å². The summed E-state index contributed by atoms with van der Waals surface area (Å²) in [6, 6.07) is 22.1. The lowest BCUT2D eigenvalue weighted by atomic mass is 10.1. The number of amides is 2. The maximum atomic E-state index is 12.6. The van der Waals surface area contributed by atoms with Crippen LogP contribution in [-0.2, 0) is 16.1 Å². The highest BCUT2D eigenvalue weighted by Gasteiger charge is 2.29. The van der Waals surface area contributed by atoms with Crippen molar-refractivity contribution in [3.63, 3.8) is 0 Å². The molecule has 1 heterocycles. The van der Waals surface area contributed by atoms with Crippen LogP contribution >= 0.6 is 11.8 Å². The van der Waals surface area contributed by atoms with E-state index in [9.17, 15) is 9.59 Å². The zero-order chi connectivity index (χ0) is 22.1. The molecule has 32 heavy (non-hydrogen) atoms. The molecule has 1 aromatic heterocycles. The number of thioether (sulfide) groups is 1. The Morgan fingerprint density at radius 2 is 1.69 bits per heavy atom. The highest BCUT2D eigenvalue weighted by Crippen LogP contribution is 2.32. The van der Waals surface area contributed by atoms with E-state index in [1.165, 1.54) is 28.2 Å². The molecule has 3 aromatic carbocycles. The van der Waals surface area contributed by atoms with Crippen LogP contribution in [0.4, 0.5) is 11.4 Å². The molecular weight excluding hydrogens is 418 g/mol. The zero-order valence-electron chi connectivity index (χ0n) is 17.9. The van der Waals surface area contributed by atoms with Crippen molar-refractivity contribution in [2.45, 2.75) is 31.2 Å². The molecule has 5 nitrogen and oxygen atoms in total. The Labute approximate surface area is 191 Å². The van der Waals surface area contributed by atoms with Crippen molar-refractivity contribution in [1.29, 1.82) is 0 Å². The lowest BCUT2D eigenvalue weighted by molar-refractivity contribution is -0.117. The van der Waals surface area contributed by atoms with E-state index in [1.54, 1.807) is 0 Å². The second-order valence-electron chi connectivity index (χ2n) is 8.12. The summed E-state index contributed by atoms with van der Waals surface area (Å²) < 4.78 is 2.29. The molecule has 0 saturated heterocycles. The number of hydrogen-bond acceptors (Lipinski definition) is 3. The predicted octanol–water partition coefficient (Wildman–Crippen LogP) is 5.89. The normalized spacial score (nSPS) is 13.4. The second kappa shape index (κ2) is 8.71. The van der Waals surface area contributed by atoms with E-state index in [-0.39, 0.29) is 17.7 Å². The Bertz CT molecular complexity index is 1320. The lowest BCUT2D eigenvalue weighted by Crippen LogP contribution is -2.14. The molecule has 1 aliphatic carbocycles. The Balaban J connectivity index is 1.26. The van der Waals surface area contributed by atoms with Crippen LogP contribution in [0.15, 0.2) is 71.6 Å². The van der Waals surface area contributed by atoms with Crippen LogP contribution in [0.25, 0.3) is 21.8 Å². The SMILES string of the molecule is CCn1c2ccccc2c2cc(NC(=O)CSc3cccc(NC(=O)C4CC4)c3)ccc21. The summed E-state index contributed by atoms with van der Waals surface area (Å²) in [5.41, 5.74) is 3.96. The number of nitrogens with zero attached hydrogens (tertiary/aromatic N) is 1. The summed E-state index contributed by atoms with van der Waals surface area (Å²) in [5.74, 6) is 0.501. The van der Waals surface area contributed by atoms with Gasteiger partial charge in [0.05, 0.1) is 5.75 Å². The number of benzene rings is 3. The first-order chi connectivity index (χ1) is 15.6. The summed E-state index contributed by atoms with van der Waals surface area (Å²) in [4.78, 5) is 25.5. The summed E-state index contributed by atoms with van der Waals surface area (Å²) in [6.07, 6.45) is 1.95. The van der Waals surface area contributed by atoms with Crippen LogP contribution in [-0.4, -0.2) is 22.1 Å². The third kappa shape index (κ3) is 4.23. The lowest BCUT2D eigenvalue weighted by Gasteiger charge is -2.08. The minimum Gasteiger partial charge on any atom is -0.341 e. The Morgan fingerprint density at radius 1 is 0.906 bits per heavy atom. The number of carbonyl (C=O) groups excluding carboxylic acids is 2. The predicted molar refractivity (Wildman–Crippen MR) is 132 cm³/mol. The van der Waals surface area contributed by atoms with Crippen molar-refractivity contribution in [3.05, 3.63) is 66.7 Å². The van der Waals surface area contributed by atoms with Gasteiger partial charge >= 0.3 is 0 Å². The van der Waals surface area contributed by atoms with Gasteiger partial charge in [-0.3, -0.25) is 9.59 Å². The first kappa shape index (κ1) is 20.6. The summed E-state index contributed by atoms with van der Waals surface area (Å²) in [6.45, 7) is 3.04. The maximum absolute atomic E-state index is 12.6. The number of nitrogens with one attached hydrogen (secondary N) is 2. The molecule has 0 radical (unpaired) electrons. The number of aryl methyl sites for hydroxylation is 1. The highest BCUT2D eigenvalue weighted by molar-refractivity contribution is 8.00. The van der Waals surface area contributed by atoms with Crippen LogP contribution < -0.4 is 10.6 Å². The molecule has 1 fully saturated rings. The van der Waals surface area contributed by atoms with Crippen molar-refractivity contribution in [3.8, 4) is 0 Å². The van der Waals surface area contributed by atoms with Gasteiger partial charge in [-0.2, -0.15) is 0 Å². The highest BCUT2D eigenvalue weighted by atomic mass is 32.2. The van der Waals surface area contributed by atoms with E-state index in [2.05, 4.69) is 52.5 Å². The quantitative estimate of drug-likeness (QED) is 0.350. The van der Waals surface area contributed by atoms with Crippen molar-refractivity contribution in [2.75, 3.05) is 16.4 Å². The summed E-state index contributed by atoms with van der Waals surface area (Å²) >= 11 is 1.46. The smallest absolute Gasteiger partial charge is 0.234 e. The van der Waals surface area contributed by atoms with Crippen molar-refractivity contribution >= 4 is 56.8 Å². The number of hydrogen-bond donors (Lipinski definition) is 2. The maximum Gasteiger partial charge on any atom is 0.234 e. The molecule has 162 valence electrons. The van der Waals surface area contributed by atoms with Gasteiger partial charge in [-0.25, -0.2) is 0 Å². The van der Waals surface area contributed by atoms with E-state index in [1.807, 2.05) is 36.4 Å². The number of fused-ring (bicyclic) bond motifs is 3. The van der Waals surface area contributed by atoms with Gasteiger partial charge in [0.2, 0.25) is 11.8 Å². The Morgan fingerprint density at radius 3 is 2.50 bits per heavy atom. The van der Waals surface area contributed by atoms with E-state index in [0.717, 1.165) is 41.0 Å². The van der Waals surface area contributed by atoms with Crippen molar-refractivity contribution in [2.24, 2.45) is 5.92 Å². The third-order valence-electron chi connectivity index (χ3n) is 5.79. The minimum atomic E-state index is -0.0546. The van der Waals surface area contributed by atoms with Gasteiger partial charge in [-0.15, -0.1) is 11.8 Å². The zero-order valence-corrected chi connectivity index (χ0v) is 18.7. The second-order valence-corrected chi connectivity index (χ2v) is 9.17. The average Bonchev–Trinajstić information content (AvgIpc) is 3.61.